The van der Waals surface area contributed by atoms with E-state index >= 15 is 0 Å². The summed E-state index contributed by atoms with van der Waals surface area (Å²) >= 11 is 0. The molecule has 3 nitrogen and oxygen atoms in total. The van der Waals surface area contributed by atoms with Gasteiger partial charge in [0, 0.05) is 18.9 Å². The van der Waals surface area contributed by atoms with Gasteiger partial charge in [-0.05, 0) is 25.7 Å². The van der Waals surface area contributed by atoms with Gasteiger partial charge in [-0.15, -0.1) is 12.3 Å². The first kappa shape index (κ1) is 11.1. The van der Waals surface area contributed by atoms with Crippen LogP contribution in [0.15, 0.2) is 0 Å². The average molecular weight is 195 g/mol. The lowest BCUT2D eigenvalue weighted by atomic mass is 9.89. The van der Waals surface area contributed by atoms with Gasteiger partial charge in [-0.3, -0.25) is 4.79 Å². The fourth-order valence-corrected chi connectivity index (χ4v) is 1.52. The zero-order valence-electron chi connectivity index (χ0n) is 8.33. The highest BCUT2D eigenvalue weighted by Gasteiger charge is 2.27. The molecule has 14 heavy (non-hydrogen) atoms. The molecule has 1 fully saturated rings. The van der Waals surface area contributed by atoms with Crippen molar-refractivity contribution in [3.8, 4) is 12.3 Å². The summed E-state index contributed by atoms with van der Waals surface area (Å²) in [6, 6.07) is 0.199. The lowest BCUT2D eigenvalue weighted by Crippen LogP contribution is -2.46. The van der Waals surface area contributed by atoms with Crippen LogP contribution in [0.5, 0.6) is 0 Å². The van der Waals surface area contributed by atoms with E-state index in [1.165, 1.54) is 0 Å². The quantitative estimate of drug-likeness (QED) is 0.504. The number of carbonyl (C=O) groups is 1. The van der Waals surface area contributed by atoms with E-state index in [4.69, 9.17) is 11.5 Å². The number of aliphatic hydroxyl groups excluding tert-OH is 1. The third-order valence-electron chi connectivity index (χ3n) is 2.45. The molecule has 78 valence electrons. The van der Waals surface area contributed by atoms with Gasteiger partial charge in [0.1, 0.15) is 0 Å². The van der Waals surface area contributed by atoms with E-state index in [1.807, 2.05) is 0 Å². The Bertz CT molecular complexity index is 226. The molecular formula is C11H17NO2. The van der Waals surface area contributed by atoms with Crippen LogP contribution in [0.4, 0.5) is 0 Å². The lowest BCUT2D eigenvalue weighted by Gasteiger charge is -2.31. The second-order valence-electron chi connectivity index (χ2n) is 3.80. The van der Waals surface area contributed by atoms with Gasteiger partial charge in [-0.25, -0.2) is 0 Å². The number of terminal acetylenes is 1. The molecular weight excluding hydrogens is 178 g/mol. The molecule has 1 aliphatic rings. The maximum Gasteiger partial charge on any atom is 0.220 e. The molecule has 1 amide bonds. The molecule has 1 aliphatic carbocycles. The Labute approximate surface area is 84.9 Å². The molecule has 2 N–H and O–H groups in total. The number of carbonyl (C=O) groups excluding carboxylic acids is 1. The van der Waals surface area contributed by atoms with Crippen LogP contribution in [0.1, 0.15) is 38.5 Å². The van der Waals surface area contributed by atoms with Crippen molar-refractivity contribution in [2.45, 2.75) is 50.7 Å². The normalized spacial score (nSPS) is 24.9. The van der Waals surface area contributed by atoms with Crippen molar-refractivity contribution in [3.05, 3.63) is 0 Å². The van der Waals surface area contributed by atoms with E-state index in [9.17, 15) is 4.79 Å². The molecule has 0 saturated heterocycles. The van der Waals surface area contributed by atoms with Crippen LogP contribution in [-0.2, 0) is 4.79 Å². The molecule has 0 heterocycles. The Balaban J connectivity index is 1.97. The minimum atomic E-state index is -0.207. The van der Waals surface area contributed by atoms with E-state index in [0.717, 1.165) is 19.3 Å². The van der Waals surface area contributed by atoms with Gasteiger partial charge in [0.2, 0.25) is 5.91 Å². The van der Waals surface area contributed by atoms with Gasteiger partial charge in [-0.2, -0.15) is 0 Å². The van der Waals surface area contributed by atoms with Crippen molar-refractivity contribution in [1.82, 2.24) is 5.32 Å². The maximum atomic E-state index is 11.3. The third-order valence-corrected chi connectivity index (χ3v) is 2.45. The van der Waals surface area contributed by atoms with Gasteiger partial charge in [-0.1, -0.05) is 0 Å². The summed E-state index contributed by atoms with van der Waals surface area (Å²) in [6.45, 7) is 0. The molecule has 0 atom stereocenters. The average Bonchev–Trinajstić information content (AvgIpc) is 2.10. The zero-order valence-corrected chi connectivity index (χ0v) is 8.33. The molecule has 0 aromatic heterocycles. The fraction of sp³-hybridized carbons (Fsp3) is 0.727. The molecule has 0 spiro atoms. The van der Waals surface area contributed by atoms with Crippen LogP contribution in [0.3, 0.4) is 0 Å². The van der Waals surface area contributed by atoms with Crippen molar-refractivity contribution in [1.29, 1.82) is 0 Å². The minimum Gasteiger partial charge on any atom is -0.393 e. The van der Waals surface area contributed by atoms with E-state index in [0.29, 0.717) is 19.3 Å². The smallest absolute Gasteiger partial charge is 0.220 e. The number of unbranched alkanes of at least 4 members (excludes halogenated alkanes) is 2. The first-order valence-electron chi connectivity index (χ1n) is 5.13. The van der Waals surface area contributed by atoms with E-state index in [-0.39, 0.29) is 18.1 Å². The molecule has 0 unspecified atom stereocenters. The molecule has 0 bridgehead atoms. The molecule has 0 aromatic rings. The molecule has 0 radical (unpaired) electrons. The monoisotopic (exact) mass is 195 g/mol. The largest absolute Gasteiger partial charge is 0.393 e. The fourth-order valence-electron chi connectivity index (χ4n) is 1.52. The molecule has 0 aromatic carbocycles. The highest BCUT2D eigenvalue weighted by molar-refractivity contribution is 5.76. The minimum absolute atomic E-state index is 0.0823. The molecule has 1 saturated carbocycles. The molecule has 1 rings (SSSR count). The second-order valence-corrected chi connectivity index (χ2v) is 3.80. The highest BCUT2D eigenvalue weighted by atomic mass is 16.3. The van der Waals surface area contributed by atoms with Crippen molar-refractivity contribution >= 4 is 5.91 Å². The SMILES string of the molecule is C#CCCCCC(=O)NC1CC(O)C1. The van der Waals surface area contributed by atoms with Gasteiger partial charge in [0.15, 0.2) is 0 Å². The molecule has 3 heteroatoms. The summed E-state index contributed by atoms with van der Waals surface area (Å²) in [6.07, 6.45) is 9.36. The summed E-state index contributed by atoms with van der Waals surface area (Å²) in [7, 11) is 0. The van der Waals surface area contributed by atoms with E-state index in [2.05, 4.69) is 11.2 Å². The highest BCUT2D eigenvalue weighted by Crippen LogP contribution is 2.19. The van der Waals surface area contributed by atoms with Crippen LogP contribution in [-0.4, -0.2) is 23.2 Å². The maximum absolute atomic E-state index is 11.3. The second kappa shape index (κ2) is 5.66. The summed E-state index contributed by atoms with van der Waals surface area (Å²) in [5, 5.41) is 11.9. The van der Waals surface area contributed by atoms with Gasteiger partial charge in [0.05, 0.1) is 6.10 Å². The van der Waals surface area contributed by atoms with Gasteiger partial charge >= 0.3 is 0 Å². The summed E-state index contributed by atoms with van der Waals surface area (Å²) in [5.74, 6) is 2.63. The van der Waals surface area contributed by atoms with Crippen LogP contribution < -0.4 is 5.32 Å². The zero-order chi connectivity index (χ0) is 10.4. The van der Waals surface area contributed by atoms with Crippen molar-refractivity contribution in [3.63, 3.8) is 0 Å². The topological polar surface area (TPSA) is 49.3 Å². The number of amides is 1. The lowest BCUT2D eigenvalue weighted by molar-refractivity contribution is -0.123. The number of hydrogen-bond donors (Lipinski definition) is 2. The Morgan fingerprint density at radius 3 is 2.79 bits per heavy atom. The van der Waals surface area contributed by atoms with Gasteiger partial charge < -0.3 is 10.4 Å². The third kappa shape index (κ3) is 3.80. The number of nitrogens with one attached hydrogen (secondary N) is 1. The Morgan fingerprint density at radius 1 is 1.50 bits per heavy atom. The summed E-state index contributed by atoms with van der Waals surface area (Å²) < 4.78 is 0. The van der Waals surface area contributed by atoms with Crippen LogP contribution >= 0.6 is 0 Å². The van der Waals surface area contributed by atoms with E-state index < -0.39 is 0 Å². The summed E-state index contributed by atoms with van der Waals surface area (Å²) in [4.78, 5) is 11.3. The van der Waals surface area contributed by atoms with Crippen LogP contribution in [0.25, 0.3) is 0 Å². The number of rotatable bonds is 5. The first-order valence-corrected chi connectivity index (χ1v) is 5.13. The Hall–Kier alpha value is -1.01. The number of aliphatic hydroxyl groups is 1. The standard InChI is InChI=1S/C11H17NO2/c1-2-3-4-5-6-11(14)12-9-7-10(13)8-9/h1,9-10,13H,3-8H2,(H,12,14). The predicted molar refractivity (Wildman–Crippen MR) is 54.5 cm³/mol. The van der Waals surface area contributed by atoms with Crippen molar-refractivity contribution in [2.75, 3.05) is 0 Å². The molecule has 0 aliphatic heterocycles. The van der Waals surface area contributed by atoms with Crippen molar-refractivity contribution in [2.24, 2.45) is 0 Å². The Morgan fingerprint density at radius 2 is 2.21 bits per heavy atom. The van der Waals surface area contributed by atoms with Crippen LogP contribution in [0.2, 0.25) is 0 Å². The predicted octanol–water partition coefficient (Wildman–Crippen LogP) is 0.820. The summed E-state index contributed by atoms with van der Waals surface area (Å²) in [5.41, 5.74) is 0. The van der Waals surface area contributed by atoms with Crippen LogP contribution in [0, 0.1) is 12.3 Å². The first-order chi connectivity index (χ1) is 6.72. The van der Waals surface area contributed by atoms with Crippen molar-refractivity contribution < 1.29 is 9.90 Å². The Kier molecular flexibility index (Phi) is 4.48. The number of hydrogen-bond acceptors (Lipinski definition) is 2. The van der Waals surface area contributed by atoms with Gasteiger partial charge in [0.25, 0.3) is 0 Å². The van der Waals surface area contributed by atoms with E-state index in [1.54, 1.807) is 0 Å².